The number of hydrogen-bond donors (Lipinski definition) is 1. The van der Waals surface area contributed by atoms with Gasteiger partial charge in [-0.2, -0.15) is 0 Å². The van der Waals surface area contributed by atoms with Crippen molar-refractivity contribution in [1.82, 2.24) is 20.2 Å². The number of pyridine rings is 2. The molecule has 0 aliphatic carbocycles. The summed E-state index contributed by atoms with van der Waals surface area (Å²) in [6.07, 6.45) is 2.55. The van der Waals surface area contributed by atoms with Crippen LogP contribution in [-0.2, 0) is 4.74 Å². The number of carbonyl (C=O) groups is 2. The topological polar surface area (TPSA) is 116 Å². The van der Waals surface area contributed by atoms with E-state index >= 15 is 0 Å². The van der Waals surface area contributed by atoms with Crippen molar-refractivity contribution in [2.45, 2.75) is 13.8 Å². The number of aromatic nitrogens is 4. The molecule has 9 nitrogen and oxygen atoms in total. The minimum absolute atomic E-state index is 0.0111. The van der Waals surface area contributed by atoms with E-state index in [9.17, 15) is 14.0 Å². The van der Waals surface area contributed by atoms with Crippen LogP contribution in [-0.4, -0.2) is 45.8 Å². The van der Waals surface area contributed by atoms with Gasteiger partial charge in [-0.25, -0.2) is 14.2 Å². The van der Waals surface area contributed by atoms with Gasteiger partial charge in [-0.3, -0.25) is 15.1 Å². The van der Waals surface area contributed by atoms with Gasteiger partial charge in [0.2, 0.25) is 10.1 Å². The molecule has 30 heavy (non-hydrogen) atoms. The first-order chi connectivity index (χ1) is 14.3. The smallest absolute Gasteiger partial charge is 0.369 e. The van der Waals surface area contributed by atoms with E-state index in [0.717, 1.165) is 11.3 Å². The van der Waals surface area contributed by atoms with E-state index in [2.05, 4.69) is 25.5 Å². The van der Waals surface area contributed by atoms with Crippen molar-refractivity contribution in [2.75, 3.05) is 19.0 Å². The van der Waals surface area contributed by atoms with E-state index in [1.54, 1.807) is 13.8 Å². The summed E-state index contributed by atoms with van der Waals surface area (Å²) in [5.41, 5.74) is 0.746. The van der Waals surface area contributed by atoms with Crippen LogP contribution in [0, 0.1) is 12.7 Å². The van der Waals surface area contributed by atoms with Crippen LogP contribution in [0.15, 0.2) is 18.5 Å². The summed E-state index contributed by atoms with van der Waals surface area (Å²) in [7, 11) is 1.35. The van der Waals surface area contributed by atoms with Gasteiger partial charge in [-0.15, -0.1) is 10.2 Å². The molecule has 3 rings (SSSR count). The number of methoxy groups -OCH3 is 1. The predicted octanol–water partition coefficient (Wildman–Crippen LogP) is 3.53. The van der Waals surface area contributed by atoms with Gasteiger partial charge in [0.25, 0.3) is 5.91 Å². The van der Waals surface area contributed by atoms with Crippen LogP contribution in [0.5, 0.6) is 5.75 Å². The molecule has 0 aromatic carbocycles. The van der Waals surface area contributed by atoms with E-state index in [4.69, 9.17) is 21.1 Å². The molecule has 0 bridgehead atoms. The van der Waals surface area contributed by atoms with Crippen LogP contribution >= 0.6 is 22.9 Å². The van der Waals surface area contributed by atoms with Crippen molar-refractivity contribution in [3.8, 4) is 16.9 Å². The highest BCUT2D eigenvalue weighted by molar-refractivity contribution is 7.17. The van der Waals surface area contributed by atoms with Crippen molar-refractivity contribution >= 4 is 39.9 Å². The largest absolute Gasteiger partial charge is 0.494 e. The first-order valence-electron chi connectivity index (χ1n) is 8.52. The highest BCUT2D eigenvalue weighted by atomic mass is 35.5. The summed E-state index contributed by atoms with van der Waals surface area (Å²) in [6.45, 7) is 3.53. The van der Waals surface area contributed by atoms with Crippen molar-refractivity contribution in [1.29, 1.82) is 0 Å². The maximum Gasteiger partial charge on any atom is 0.369 e. The Morgan fingerprint density at radius 2 is 2.03 bits per heavy atom. The van der Waals surface area contributed by atoms with E-state index in [1.807, 2.05) is 0 Å². The Balaban J connectivity index is 2.00. The minimum Gasteiger partial charge on any atom is -0.494 e. The normalized spacial score (nSPS) is 10.6. The van der Waals surface area contributed by atoms with Gasteiger partial charge in [0, 0.05) is 17.5 Å². The van der Waals surface area contributed by atoms with Gasteiger partial charge in [-0.05, 0) is 19.9 Å². The van der Waals surface area contributed by atoms with Crippen LogP contribution in [0.25, 0.3) is 11.1 Å². The molecule has 0 aliphatic heterocycles. The second-order valence-electron chi connectivity index (χ2n) is 5.76. The Hall–Kier alpha value is -3.18. The van der Waals surface area contributed by atoms with Gasteiger partial charge >= 0.3 is 5.97 Å². The fourth-order valence-electron chi connectivity index (χ4n) is 2.51. The SMILES string of the molecule is CCOC(=O)c1nnc(NC(=O)c2cnc(C)cc2-c2c(OC)cnc(Cl)c2F)s1. The van der Waals surface area contributed by atoms with Crippen LogP contribution in [0.4, 0.5) is 9.52 Å². The summed E-state index contributed by atoms with van der Waals surface area (Å²) in [5, 5.41) is 9.65. The fourth-order valence-corrected chi connectivity index (χ4v) is 3.29. The quantitative estimate of drug-likeness (QED) is 0.447. The average Bonchev–Trinajstić information content (AvgIpc) is 3.18. The van der Waals surface area contributed by atoms with Gasteiger partial charge < -0.3 is 9.47 Å². The van der Waals surface area contributed by atoms with Gasteiger partial charge in [0.05, 0.1) is 31.0 Å². The number of ether oxygens (including phenoxy) is 2. The lowest BCUT2D eigenvalue weighted by atomic mass is 10.00. The third-order valence-corrected chi connectivity index (χ3v) is 4.89. The number of aryl methyl sites for hydroxylation is 1. The molecule has 0 saturated heterocycles. The van der Waals surface area contributed by atoms with Crippen LogP contribution in [0.3, 0.4) is 0 Å². The molecule has 0 fully saturated rings. The molecule has 12 heteroatoms. The van der Waals surface area contributed by atoms with E-state index in [1.165, 1.54) is 25.6 Å². The molecule has 3 aromatic rings. The number of carbonyl (C=O) groups excluding carboxylic acids is 2. The van der Waals surface area contributed by atoms with Crippen molar-refractivity contribution in [3.05, 3.63) is 45.7 Å². The van der Waals surface area contributed by atoms with Crippen LogP contribution in [0.1, 0.15) is 32.8 Å². The van der Waals surface area contributed by atoms with Gasteiger partial charge in [-0.1, -0.05) is 22.9 Å². The first kappa shape index (κ1) is 21.5. The number of esters is 1. The van der Waals surface area contributed by atoms with Crippen LogP contribution in [0.2, 0.25) is 5.15 Å². The Morgan fingerprint density at radius 1 is 1.27 bits per heavy atom. The molecule has 1 amide bonds. The number of halogens is 2. The molecule has 0 radical (unpaired) electrons. The Bertz CT molecular complexity index is 1120. The zero-order valence-corrected chi connectivity index (χ0v) is 17.6. The molecule has 0 saturated carbocycles. The predicted molar refractivity (Wildman–Crippen MR) is 108 cm³/mol. The number of amides is 1. The molecular formula is C18H15ClFN5O4S. The lowest BCUT2D eigenvalue weighted by Gasteiger charge is -2.14. The minimum atomic E-state index is -0.837. The van der Waals surface area contributed by atoms with Gasteiger partial charge in [0.1, 0.15) is 5.75 Å². The zero-order chi connectivity index (χ0) is 21.8. The van der Waals surface area contributed by atoms with Crippen molar-refractivity contribution in [2.24, 2.45) is 0 Å². The monoisotopic (exact) mass is 451 g/mol. The molecule has 0 unspecified atom stereocenters. The molecule has 3 aromatic heterocycles. The zero-order valence-electron chi connectivity index (χ0n) is 16.0. The first-order valence-corrected chi connectivity index (χ1v) is 9.72. The number of nitrogens with zero attached hydrogens (tertiary/aromatic N) is 4. The second kappa shape index (κ2) is 9.09. The Kier molecular flexibility index (Phi) is 6.53. The second-order valence-corrected chi connectivity index (χ2v) is 7.10. The van der Waals surface area contributed by atoms with Crippen molar-refractivity contribution < 1.29 is 23.5 Å². The molecule has 1 N–H and O–H groups in total. The molecule has 0 atom stereocenters. The summed E-state index contributed by atoms with van der Waals surface area (Å²) in [6, 6.07) is 1.52. The highest BCUT2D eigenvalue weighted by Gasteiger charge is 2.24. The van der Waals surface area contributed by atoms with E-state index < -0.39 is 17.7 Å². The molecule has 0 aliphatic rings. The molecular weight excluding hydrogens is 437 g/mol. The number of hydrogen-bond acceptors (Lipinski definition) is 9. The number of rotatable bonds is 6. The van der Waals surface area contributed by atoms with Gasteiger partial charge in [0.15, 0.2) is 11.0 Å². The summed E-state index contributed by atoms with van der Waals surface area (Å²) in [5.74, 6) is -2.03. The van der Waals surface area contributed by atoms with Crippen LogP contribution < -0.4 is 10.1 Å². The lowest BCUT2D eigenvalue weighted by molar-refractivity contribution is 0.0525. The third kappa shape index (κ3) is 4.36. The molecule has 0 spiro atoms. The maximum atomic E-state index is 14.8. The molecule has 156 valence electrons. The van der Waals surface area contributed by atoms with Crippen molar-refractivity contribution in [3.63, 3.8) is 0 Å². The number of anilines is 1. The average molecular weight is 452 g/mol. The fraction of sp³-hybridized carbons (Fsp3) is 0.222. The molecule has 3 heterocycles. The summed E-state index contributed by atoms with van der Waals surface area (Å²) >= 11 is 6.68. The maximum absolute atomic E-state index is 14.8. The highest BCUT2D eigenvalue weighted by Crippen LogP contribution is 2.37. The Labute approximate surface area is 179 Å². The van der Waals surface area contributed by atoms with E-state index in [0.29, 0.717) is 5.69 Å². The lowest BCUT2D eigenvalue weighted by Crippen LogP contribution is -2.14. The standard InChI is InChI=1S/C18H15ClFN5O4S/c1-4-29-17(27)16-24-25-18(30-16)23-15(26)10-6-21-8(2)5-9(10)12-11(28-3)7-22-14(19)13(12)20/h5-7H,4H2,1-3H3,(H,23,25,26). The summed E-state index contributed by atoms with van der Waals surface area (Å²) in [4.78, 5) is 32.4. The van der Waals surface area contributed by atoms with E-state index in [-0.39, 0.29) is 44.3 Å². The summed E-state index contributed by atoms with van der Waals surface area (Å²) < 4.78 is 24.8. The number of nitrogens with one attached hydrogen (secondary N) is 1. The third-order valence-electron chi connectivity index (χ3n) is 3.81. The Morgan fingerprint density at radius 3 is 2.73 bits per heavy atom.